The van der Waals surface area contributed by atoms with Crippen LogP contribution in [-0.2, 0) is 0 Å². The molecule has 0 saturated carbocycles. The fraction of sp³-hybridized carbons (Fsp3) is 0.333. The Morgan fingerprint density at radius 3 is 2.64 bits per heavy atom. The highest BCUT2D eigenvalue weighted by atomic mass is 16.2. The third kappa shape index (κ3) is 2.36. The molecule has 0 fully saturated rings. The van der Waals surface area contributed by atoms with Crippen LogP contribution in [0.1, 0.15) is 23.1 Å². The summed E-state index contributed by atoms with van der Waals surface area (Å²) < 4.78 is 0. The van der Waals surface area contributed by atoms with Gasteiger partial charge in [0.05, 0.1) is 0 Å². The van der Waals surface area contributed by atoms with Crippen LogP contribution in [0.25, 0.3) is 6.08 Å². The summed E-state index contributed by atoms with van der Waals surface area (Å²) in [6, 6.07) is 3.92. The van der Waals surface area contributed by atoms with E-state index in [2.05, 4.69) is 6.92 Å². The highest BCUT2D eigenvalue weighted by Crippen LogP contribution is 2.20. The second-order valence-corrected chi connectivity index (χ2v) is 3.41. The number of nitrogen functional groups attached to an aromatic ring is 1. The number of anilines is 1. The summed E-state index contributed by atoms with van der Waals surface area (Å²) in [5, 5.41) is 8.64. The summed E-state index contributed by atoms with van der Waals surface area (Å²) in [6.45, 7) is 4.28. The van der Waals surface area contributed by atoms with E-state index in [1.807, 2.05) is 31.2 Å². The molecule has 2 heteroatoms. The number of hydrogen-bond acceptors (Lipinski definition) is 2. The van der Waals surface area contributed by atoms with Gasteiger partial charge in [-0.05, 0) is 43.0 Å². The van der Waals surface area contributed by atoms with Gasteiger partial charge in [-0.15, -0.1) is 0 Å². The summed E-state index contributed by atoms with van der Waals surface area (Å²) in [4.78, 5) is 0. The molecule has 0 bridgehead atoms. The van der Waals surface area contributed by atoms with Gasteiger partial charge in [0, 0.05) is 12.3 Å². The van der Waals surface area contributed by atoms with Gasteiger partial charge in [0.15, 0.2) is 0 Å². The maximum absolute atomic E-state index is 8.64. The quantitative estimate of drug-likeness (QED) is 0.720. The molecule has 1 aromatic rings. The number of aliphatic hydroxyl groups is 1. The summed E-state index contributed by atoms with van der Waals surface area (Å²) >= 11 is 0. The average molecular weight is 191 g/mol. The van der Waals surface area contributed by atoms with Crippen LogP contribution in [-0.4, -0.2) is 11.7 Å². The topological polar surface area (TPSA) is 46.2 Å². The minimum atomic E-state index is 0.198. The first-order chi connectivity index (χ1) is 6.66. The van der Waals surface area contributed by atoms with Crippen molar-refractivity contribution in [2.45, 2.75) is 20.3 Å². The van der Waals surface area contributed by atoms with Crippen LogP contribution < -0.4 is 5.73 Å². The molecule has 3 N–H and O–H groups in total. The Morgan fingerprint density at radius 2 is 2.00 bits per heavy atom. The Bertz CT molecular complexity index is 342. The molecular weight excluding hydrogens is 174 g/mol. The van der Waals surface area contributed by atoms with Crippen molar-refractivity contribution in [1.29, 1.82) is 0 Å². The maximum atomic E-state index is 8.64. The zero-order chi connectivity index (χ0) is 10.6. The fourth-order valence-corrected chi connectivity index (χ4v) is 1.33. The molecule has 0 amide bonds. The Kier molecular flexibility index (Phi) is 3.72. The van der Waals surface area contributed by atoms with Crippen molar-refractivity contribution in [1.82, 2.24) is 0 Å². The standard InChI is InChI=1S/C12H17NO/c1-9-10(2)12(13)7-6-11(9)5-3-4-8-14/h3,5-7,14H,4,8,13H2,1-2H3. The van der Waals surface area contributed by atoms with Gasteiger partial charge in [-0.25, -0.2) is 0 Å². The Balaban J connectivity index is 2.94. The normalized spacial score (nSPS) is 11.1. The molecule has 1 aromatic carbocycles. The molecule has 14 heavy (non-hydrogen) atoms. The van der Waals surface area contributed by atoms with E-state index in [4.69, 9.17) is 10.8 Å². The van der Waals surface area contributed by atoms with Gasteiger partial charge in [-0.1, -0.05) is 18.2 Å². The molecule has 0 aliphatic heterocycles. The SMILES string of the molecule is Cc1c(N)ccc(C=CCCO)c1C. The van der Waals surface area contributed by atoms with E-state index in [0.717, 1.165) is 11.3 Å². The Hall–Kier alpha value is -1.28. The first-order valence-electron chi connectivity index (χ1n) is 4.80. The number of hydrogen-bond donors (Lipinski definition) is 2. The number of aliphatic hydroxyl groups excluding tert-OH is 1. The van der Waals surface area contributed by atoms with Gasteiger partial charge in [0.2, 0.25) is 0 Å². The lowest BCUT2D eigenvalue weighted by atomic mass is 10.0. The minimum Gasteiger partial charge on any atom is -0.399 e. The first-order valence-corrected chi connectivity index (χ1v) is 4.80. The molecular formula is C12H17NO. The molecule has 0 saturated heterocycles. The summed E-state index contributed by atoms with van der Waals surface area (Å²) in [5.74, 6) is 0. The molecule has 0 aliphatic carbocycles. The van der Waals surface area contributed by atoms with Gasteiger partial charge >= 0.3 is 0 Å². The van der Waals surface area contributed by atoms with E-state index >= 15 is 0 Å². The number of nitrogens with two attached hydrogens (primary N) is 1. The zero-order valence-corrected chi connectivity index (χ0v) is 8.75. The van der Waals surface area contributed by atoms with Gasteiger partial charge < -0.3 is 10.8 Å². The fourth-order valence-electron chi connectivity index (χ4n) is 1.33. The van der Waals surface area contributed by atoms with Gasteiger partial charge in [0.25, 0.3) is 0 Å². The van der Waals surface area contributed by atoms with E-state index in [-0.39, 0.29) is 6.61 Å². The largest absolute Gasteiger partial charge is 0.399 e. The van der Waals surface area contributed by atoms with Crippen molar-refractivity contribution < 1.29 is 5.11 Å². The zero-order valence-electron chi connectivity index (χ0n) is 8.75. The molecule has 0 aliphatic rings. The van der Waals surface area contributed by atoms with Crippen molar-refractivity contribution in [3.05, 3.63) is 34.9 Å². The molecule has 76 valence electrons. The summed E-state index contributed by atoms with van der Waals surface area (Å²) in [7, 11) is 0. The van der Waals surface area contributed by atoms with Gasteiger partial charge in [-0.3, -0.25) is 0 Å². The Labute approximate surface area is 85.1 Å². The van der Waals surface area contributed by atoms with Crippen LogP contribution in [0, 0.1) is 13.8 Å². The minimum absolute atomic E-state index is 0.198. The number of rotatable bonds is 3. The van der Waals surface area contributed by atoms with E-state index in [9.17, 15) is 0 Å². The van der Waals surface area contributed by atoms with Crippen LogP contribution in [0.5, 0.6) is 0 Å². The van der Waals surface area contributed by atoms with Crippen LogP contribution in [0.3, 0.4) is 0 Å². The molecule has 0 unspecified atom stereocenters. The van der Waals surface area contributed by atoms with Gasteiger partial charge in [-0.2, -0.15) is 0 Å². The summed E-state index contributed by atoms with van der Waals surface area (Å²) in [5.41, 5.74) is 10.1. The van der Waals surface area contributed by atoms with Crippen LogP contribution in [0.4, 0.5) is 5.69 Å². The molecule has 1 rings (SSSR count). The smallest absolute Gasteiger partial charge is 0.0465 e. The molecule has 0 atom stereocenters. The van der Waals surface area contributed by atoms with Crippen molar-refractivity contribution in [3.63, 3.8) is 0 Å². The molecule has 0 spiro atoms. The van der Waals surface area contributed by atoms with Crippen LogP contribution >= 0.6 is 0 Å². The Morgan fingerprint density at radius 1 is 1.29 bits per heavy atom. The monoisotopic (exact) mass is 191 g/mol. The van der Waals surface area contributed by atoms with Crippen molar-refractivity contribution >= 4 is 11.8 Å². The first kappa shape index (κ1) is 10.8. The molecule has 2 nitrogen and oxygen atoms in total. The predicted octanol–water partition coefficient (Wildman–Crippen LogP) is 2.28. The molecule has 0 radical (unpaired) electrons. The van der Waals surface area contributed by atoms with Gasteiger partial charge in [0.1, 0.15) is 0 Å². The van der Waals surface area contributed by atoms with E-state index < -0.39 is 0 Å². The highest BCUT2D eigenvalue weighted by molar-refractivity contribution is 5.62. The third-order valence-corrected chi connectivity index (χ3v) is 2.46. The second kappa shape index (κ2) is 4.82. The van der Waals surface area contributed by atoms with Crippen molar-refractivity contribution in [3.8, 4) is 0 Å². The summed E-state index contributed by atoms with van der Waals surface area (Å²) in [6.07, 6.45) is 4.69. The van der Waals surface area contributed by atoms with Crippen molar-refractivity contribution in [2.24, 2.45) is 0 Å². The third-order valence-electron chi connectivity index (χ3n) is 2.46. The van der Waals surface area contributed by atoms with E-state index in [1.54, 1.807) is 0 Å². The second-order valence-electron chi connectivity index (χ2n) is 3.41. The molecule has 0 heterocycles. The van der Waals surface area contributed by atoms with Crippen LogP contribution in [0.15, 0.2) is 18.2 Å². The van der Waals surface area contributed by atoms with E-state index in [1.165, 1.54) is 11.1 Å². The lowest BCUT2D eigenvalue weighted by molar-refractivity contribution is 0.303. The average Bonchev–Trinajstić information content (AvgIpc) is 2.18. The predicted molar refractivity (Wildman–Crippen MR) is 61.1 cm³/mol. The highest BCUT2D eigenvalue weighted by Gasteiger charge is 2.00. The number of benzene rings is 1. The lowest BCUT2D eigenvalue weighted by Gasteiger charge is -2.07. The maximum Gasteiger partial charge on any atom is 0.0465 e. The lowest BCUT2D eigenvalue weighted by Crippen LogP contribution is -1.94. The molecule has 0 aromatic heterocycles. The van der Waals surface area contributed by atoms with Crippen LogP contribution in [0.2, 0.25) is 0 Å². The van der Waals surface area contributed by atoms with E-state index in [0.29, 0.717) is 6.42 Å². The van der Waals surface area contributed by atoms with Crippen molar-refractivity contribution in [2.75, 3.05) is 12.3 Å².